The van der Waals surface area contributed by atoms with E-state index in [-0.39, 0.29) is 0 Å². The maximum Gasteiger partial charge on any atom is 0.0985 e. The minimum absolute atomic E-state index is 0.498. The van der Waals surface area contributed by atoms with Crippen LogP contribution in [-0.2, 0) is 0 Å². The zero-order valence-electron chi connectivity index (χ0n) is 10.7. The third-order valence-corrected chi connectivity index (χ3v) is 4.58. The molecule has 2 fully saturated rings. The molecule has 2 saturated heterocycles. The topological polar surface area (TPSA) is 6.48 Å². The Morgan fingerprint density at radius 3 is 2.38 bits per heavy atom. The van der Waals surface area contributed by atoms with Gasteiger partial charge in [-0.1, -0.05) is 0 Å². The summed E-state index contributed by atoms with van der Waals surface area (Å²) in [6.45, 7) is 6.20. The fourth-order valence-electron chi connectivity index (χ4n) is 3.26. The van der Waals surface area contributed by atoms with Crippen molar-refractivity contribution in [2.75, 3.05) is 33.2 Å². The van der Waals surface area contributed by atoms with Crippen molar-refractivity contribution >= 4 is 0 Å². The molecule has 3 heteroatoms. The Balaban J connectivity index is 1.78. The molecule has 94 valence electrons. The zero-order chi connectivity index (χ0) is 11.6. The molecule has 0 N–H and O–H groups in total. The highest BCUT2D eigenvalue weighted by atomic mass is 19.1. The maximum atomic E-state index is 12.8. The lowest BCUT2D eigenvalue weighted by Gasteiger charge is -2.43. The first-order valence-corrected chi connectivity index (χ1v) is 6.70. The highest BCUT2D eigenvalue weighted by molar-refractivity contribution is 4.97. The van der Waals surface area contributed by atoms with Crippen LogP contribution in [0.3, 0.4) is 0 Å². The molecule has 0 bridgehead atoms. The normalized spacial score (nSPS) is 28.7. The lowest BCUT2D eigenvalue weighted by molar-refractivity contribution is 0.0673. The molecule has 0 saturated carbocycles. The number of likely N-dealkylation sites (tertiary alicyclic amines) is 2. The Kier molecular flexibility index (Phi) is 3.85. The van der Waals surface area contributed by atoms with Gasteiger partial charge in [0.2, 0.25) is 0 Å². The lowest BCUT2D eigenvalue weighted by Crippen LogP contribution is -2.50. The van der Waals surface area contributed by atoms with Crippen LogP contribution < -0.4 is 0 Å². The van der Waals surface area contributed by atoms with Gasteiger partial charge in [-0.25, -0.2) is 4.39 Å². The molecule has 2 aliphatic rings. The van der Waals surface area contributed by atoms with Crippen LogP contribution in [0.5, 0.6) is 0 Å². The van der Waals surface area contributed by atoms with E-state index in [1.165, 1.54) is 32.2 Å². The van der Waals surface area contributed by atoms with Crippen molar-refractivity contribution in [2.45, 2.75) is 50.7 Å². The Morgan fingerprint density at radius 2 is 1.88 bits per heavy atom. The second kappa shape index (κ2) is 5.01. The minimum Gasteiger partial charge on any atom is -0.303 e. The molecule has 16 heavy (non-hydrogen) atoms. The smallest absolute Gasteiger partial charge is 0.0985 e. The average molecular weight is 228 g/mol. The summed E-state index contributed by atoms with van der Waals surface area (Å²) in [6, 6.07) is 0. The predicted octanol–water partition coefficient (Wildman–Crippen LogP) is 2.29. The van der Waals surface area contributed by atoms with Crippen molar-refractivity contribution < 1.29 is 4.39 Å². The lowest BCUT2D eigenvalue weighted by atomic mass is 9.85. The fraction of sp³-hybridized carbons (Fsp3) is 1.00. The van der Waals surface area contributed by atoms with E-state index in [4.69, 9.17) is 0 Å². The third kappa shape index (κ3) is 2.57. The quantitative estimate of drug-likeness (QED) is 0.731. The summed E-state index contributed by atoms with van der Waals surface area (Å²) in [6.07, 6.45) is 5.34. The molecule has 0 aromatic heterocycles. The standard InChI is InChI=1S/C13H25FN2/c1-12(14)4-9-16-10-6-13(7-11-16)5-3-8-15(13)2/h12H,3-11H2,1-2H3/t12-/m1/s1. The summed E-state index contributed by atoms with van der Waals surface area (Å²) in [4.78, 5) is 5.00. The van der Waals surface area contributed by atoms with Gasteiger partial charge in [0.1, 0.15) is 0 Å². The van der Waals surface area contributed by atoms with Crippen molar-refractivity contribution in [3.63, 3.8) is 0 Å². The van der Waals surface area contributed by atoms with E-state index in [0.29, 0.717) is 12.0 Å². The first-order valence-electron chi connectivity index (χ1n) is 6.70. The maximum absolute atomic E-state index is 12.8. The summed E-state index contributed by atoms with van der Waals surface area (Å²) in [5.41, 5.74) is 0.498. The Bertz CT molecular complexity index is 222. The van der Waals surface area contributed by atoms with E-state index < -0.39 is 6.17 Å². The van der Waals surface area contributed by atoms with Crippen LogP contribution in [0.4, 0.5) is 4.39 Å². The summed E-state index contributed by atoms with van der Waals surface area (Å²) in [5.74, 6) is 0. The molecule has 2 rings (SSSR count). The summed E-state index contributed by atoms with van der Waals surface area (Å²) >= 11 is 0. The number of rotatable bonds is 3. The average Bonchev–Trinajstić information content (AvgIpc) is 2.60. The van der Waals surface area contributed by atoms with Crippen LogP contribution in [-0.4, -0.2) is 54.7 Å². The molecule has 0 aromatic carbocycles. The van der Waals surface area contributed by atoms with Crippen LogP contribution in [0.1, 0.15) is 39.0 Å². The van der Waals surface area contributed by atoms with Crippen LogP contribution in [0, 0.1) is 0 Å². The summed E-state index contributed by atoms with van der Waals surface area (Å²) in [7, 11) is 2.27. The van der Waals surface area contributed by atoms with Gasteiger partial charge in [0, 0.05) is 12.1 Å². The first kappa shape index (κ1) is 12.3. The molecule has 0 unspecified atom stereocenters. The van der Waals surface area contributed by atoms with Crippen molar-refractivity contribution in [1.29, 1.82) is 0 Å². The van der Waals surface area contributed by atoms with E-state index in [1.807, 2.05) is 0 Å². The molecule has 1 spiro atoms. The molecule has 0 aliphatic carbocycles. The SMILES string of the molecule is C[C@@H](F)CCN1CCC2(CCCN2C)CC1. The van der Waals surface area contributed by atoms with Crippen molar-refractivity contribution in [2.24, 2.45) is 0 Å². The number of hydrogen-bond donors (Lipinski definition) is 0. The highest BCUT2D eigenvalue weighted by Crippen LogP contribution is 2.37. The highest BCUT2D eigenvalue weighted by Gasteiger charge is 2.40. The van der Waals surface area contributed by atoms with Crippen molar-refractivity contribution in [3.05, 3.63) is 0 Å². The van der Waals surface area contributed by atoms with Gasteiger partial charge in [0.05, 0.1) is 6.17 Å². The number of alkyl halides is 1. The number of nitrogens with zero attached hydrogens (tertiary/aromatic N) is 2. The number of hydrogen-bond acceptors (Lipinski definition) is 2. The molecule has 0 aromatic rings. The van der Waals surface area contributed by atoms with Gasteiger partial charge < -0.3 is 9.80 Å². The van der Waals surface area contributed by atoms with E-state index in [1.54, 1.807) is 6.92 Å². The molecule has 2 heterocycles. The predicted molar refractivity (Wildman–Crippen MR) is 65.5 cm³/mol. The van der Waals surface area contributed by atoms with Gasteiger partial charge in [0.15, 0.2) is 0 Å². The monoisotopic (exact) mass is 228 g/mol. The van der Waals surface area contributed by atoms with E-state index in [0.717, 1.165) is 19.6 Å². The van der Waals surface area contributed by atoms with Crippen molar-refractivity contribution in [1.82, 2.24) is 9.80 Å². The van der Waals surface area contributed by atoms with E-state index in [2.05, 4.69) is 16.8 Å². The number of piperidine rings is 1. The van der Waals surface area contributed by atoms with Gasteiger partial charge in [-0.2, -0.15) is 0 Å². The van der Waals surface area contributed by atoms with Crippen LogP contribution >= 0.6 is 0 Å². The first-order chi connectivity index (χ1) is 7.62. The van der Waals surface area contributed by atoms with Crippen molar-refractivity contribution in [3.8, 4) is 0 Å². The van der Waals surface area contributed by atoms with Crippen LogP contribution in [0.25, 0.3) is 0 Å². The Labute approximate surface area is 98.8 Å². The third-order valence-electron chi connectivity index (χ3n) is 4.58. The largest absolute Gasteiger partial charge is 0.303 e. The summed E-state index contributed by atoms with van der Waals surface area (Å²) < 4.78 is 12.8. The van der Waals surface area contributed by atoms with E-state index >= 15 is 0 Å². The molecule has 2 nitrogen and oxygen atoms in total. The molecule has 2 aliphatic heterocycles. The zero-order valence-corrected chi connectivity index (χ0v) is 10.7. The van der Waals surface area contributed by atoms with Crippen LogP contribution in [0.2, 0.25) is 0 Å². The van der Waals surface area contributed by atoms with Crippen LogP contribution in [0.15, 0.2) is 0 Å². The minimum atomic E-state index is -0.648. The summed E-state index contributed by atoms with van der Waals surface area (Å²) in [5, 5.41) is 0. The number of halogens is 1. The Hall–Kier alpha value is -0.150. The fourth-order valence-corrected chi connectivity index (χ4v) is 3.26. The van der Waals surface area contributed by atoms with Gasteiger partial charge >= 0.3 is 0 Å². The molecule has 0 amide bonds. The van der Waals surface area contributed by atoms with Gasteiger partial charge in [-0.05, 0) is 65.7 Å². The molecular weight excluding hydrogens is 203 g/mol. The van der Waals surface area contributed by atoms with Gasteiger partial charge in [-0.15, -0.1) is 0 Å². The Morgan fingerprint density at radius 1 is 1.19 bits per heavy atom. The molecular formula is C13H25FN2. The van der Waals surface area contributed by atoms with Gasteiger partial charge in [-0.3, -0.25) is 0 Å². The molecule has 0 radical (unpaired) electrons. The van der Waals surface area contributed by atoms with Gasteiger partial charge in [0.25, 0.3) is 0 Å². The second-order valence-corrected chi connectivity index (χ2v) is 5.66. The molecule has 1 atom stereocenters. The van der Waals surface area contributed by atoms with E-state index in [9.17, 15) is 4.39 Å². The second-order valence-electron chi connectivity index (χ2n) is 5.66.